The van der Waals surface area contributed by atoms with Crippen molar-refractivity contribution in [2.75, 3.05) is 43.4 Å². The molecule has 36 heavy (non-hydrogen) atoms. The average molecular weight is 493 g/mol. The number of aromatic nitrogens is 4. The molecule has 3 N–H and O–H groups in total. The Morgan fingerprint density at radius 1 is 1.11 bits per heavy atom. The van der Waals surface area contributed by atoms with Crippen molar-refractivity contribution < 1.29 is 14.0 Å². The molecule has 0 bridgehead atoms. The van der Waals surface area contributed by atoms with Crippen LogP contribution in [-0.4, -0.2) is 69.0 Å². The molecule has 2 saturated heterocycles. The van der Waals surface area contributed by atoms with E-state index in [4.69, 9.17) is 0 Å². The molecule has 2 fully saturated rings. The van der Waals surface area contributed by atoms with Crippen LogP contribution in [0, 0.1) is 5.82 Å². The first-order valence-electron chi connectivity index (χ1n) is 12.3. The highest BCUT2D eigenvalue weighted by atomic mass is 19.1. The molecule has 3 aromatic rings. The van der Waals surface area contributed by atoms with Crippen molar-refractivity contribution in [1.82, 2.24) is 29.8 Å². The van der Waals surface area contributed by atoms with E-state index in [1.165, 1.54) is 25.0 Å². The van der Waals surface area contributed by atoms with Crippen LogP contribution in [0.15, 0.2) is 36.0 Å². The number of hydrogen-bond donors (Lipinski definition) is 3. The van der Waals surface area contributed by atoms with E-state index in [1.807, 2.05) is 6.07 Å². The number of fused-ring (bicyclic) bond motifs is 1. The van der Waals surface area contributed by atoms with Crippen LogP contribution >= 0.6 is 0 Å². The number of carbonyl (C=O) groups is 2. The van der Waals surface area contributed by atoms with Crippen molar-refractivity contribution in [3.05, 3.63) is 53.0 Å². The lowest BCUT2D eigenvalue weighted by molar-refractivity contribution is -0.124. The van der Waals surface area contributed by atoms with Gasteiger partial charge in [0.25, 0.3) is 5.91 Å². The van der Waals surface area contributed by atoms with E-state index in [1.54, 1.807) is 22.9 Å². The summed E-state index contributed by atoms with van der Waals surface area (Å²) in [5.41, 5.74) is 2.37. The second kappa shape index (κ2) is 10.8. The minimum absolute atomic E-state index is 0.0294. The molecule has 5 rings (SSSR count). The zero-order valence-electron chi connectivity index (χ0n) is 20.0. The topological polar surface area (TPSA) is 117 Å². The normalized spacial score (nSPS) is 17.3. The molecule has 2 amide bonds. The summed E-state index contributed by atoms with van der Waals surface area (Å²) in [6.07, 6.45) is 7.37. The number of rotatable bonds is 10. The molecule has 0 radical (unpaired) electrons. The highest BCUT2D eigenvalue weighted by molar-refractivity contribution is 6.15. The molecule has 0 spiro atoms. The van der Waals surface area contributed by atoms with Crippen LogP contribution < -0.4 is 16.0 Å². The fourth-order valence-corrected chi connectivity index (χ4v) is 4.52. The van der Waals surface area contributed by atoms with Crippen LogP contribution in [0.2, 0.25) is 0 Å². The van der Waals surface area contributed by atoms with Gasteiger partial charge >= 0.3 is 0 Å². The van der Waals surface area contributed by atoms with Crippen LogP contribution in [0.3, 0.4) is 0 Å². The van der Waals surface area contributed by atoms with Gasteiger partial charge < -0.3 is 15.5 Å². The number of carbonyl (C=O) groups excluding carboxylic acids is 2. The molecule has 1 aromatic carbocycles. The maximum atomic E-state index is 13.5. The Morgan fingerprint density at radius 2 is 1.97 bits per heavy atom. The molecular weight excluding hydrogens is 463 g/mol. The Kier molecular flexibility index (Phi) is 7.17. The number of nitrogens with zero attached hydrogens (tertiary/aromatic N) is 5. The van der Waals surface area contributed by atoms with Crippen molar-refractivity contribution in [3.63, 3.8) is 0 Å². The van der Waals surface area contributed by atoms with E-state index in [-0.39, 0.29) is 18.1 Å². The maximum absolute atomic E-state index is 13.5. The summed E-state index contributed by atoms with van der Waals surface area (Å²) in [4.78, 5) is 35.4. The molecule has 188 valence electrons. The van der Waals surface area contributed by atoms with Gasteiger partial charge in [0.1, 0.15) is 5.82 Å². The lowest BCUT2D eigenvalue weighted by Gasteiger charge is -2.15. The van der Waals surface area contributed by atoms with Gasteiger partial charge in [-0.15, -0.1) is 0 Å². The highest BCUT2D eigenvalue weighted by Crippen LogP contribution is 2.21. The summed E-state index contributed by atoms with van der Waals surface area (Å²) in [6.45, 7) is 4.58. The standard InChI is InChI=1S/C25H29FN8O2/c26-20-6-3-5-17(13-20)7-9-28-25-32-24(27-8-4-12-33-10-1-2-11-33)31-22-19(16-29-34(22)25)14-18-15-21(35)30-23(18)36/h3,5-6,13-14,16H,1-2,4,7-12,15H2,(H,30,35,36)(H2,27,28,31,32). The van der Waals surface area contributed by atoms with Gasteiger partial charge in [0.05, 0.1) is 12.6 Å². The summed E-state index contributed by atoms with van der Waals surface area (Å²) in [5, 5.41) is 13.3. The van der Waals surface area contributed by atoms with Crippen LogP contribution in [0.5, 0.6) is 0 Å². The van der Waals surface area contributed by atoms with Gasteiger partial charge in [-0.3, -0.25) is 14.9 Å². The minimum Gasteiger partial charge on any atom is -0.354 e. The van der Waals surface area contributed by atoms with Gasteiger partial charge in [0, 0.05) is 24.2 Å². The second-order valence-electron chi connectivity index (χ2n) is 9.07. The number of nitrogens with one attached hydrogen (secondary N) is 3. The maximum Gasteiger partial charge on any atom is 0.254 e. The molecular formula is C25H29FN8O2. The molecule has 0 saturated carbocycles. The molecule has 0 atom stereocenters. The molecule has 2 aromatic heterocycles. The Balaban J connectivity index is 1.35. The Bertz CT molecular complexity index is 1300. The quantitative estimate of drug-likeness (QED) is 0.224. The first-order chi connectivity index (χ1) is 17.5. The SMILES string of the molecule is O=C1CC(=Cc2cnn3c(NCCc4cccc(F)c4)nc(NCCCN4CCCC4)nc23)C(=O)N1. The summed E-state index contributed by atoms with van der Waals surface area (Å²) in [6, 6.07) is 6.50. The fraction of sp³-hybridized carbons (Fsp3) is 0.400. The Morgan fingerprint density at radius 3 is 2.75 bits per heavy atom. The van der Waals surface area contributed by atoms with Gasteiger partial charge in [0.2, 0.25) is 17.8 Å². The zero-order valence-corrected chi connectivity index (χ0v) is 20.0. The highest BCUT2D eigenvalue weighted by Gasteiger charge is 2.24. The molecule has 2 aliphatic rings. The van der Waals surface area contributed by atoms with Crippen LogP contribution in [-0.2, 0) is 16.0 Å². The Hall–Kier alpha value is -3.86. The average Bonchev–Trinajstić information content (AvgIpc) is 3.58. The third-order valence-corrected chi connectivity index (χ3v) is 6.34. The summed E-state index contributed by atoms with van der Waals surface area (Å²) < 4.78 is 15.1. The number of amides is 2. The van der Waals surface area contributed by atoms with Gasteiger partial charge in [0.15, 0.2) is 5.65 Å². The lowest BCUT2D eigenvalue weighted by Crippen LogP contribution is -2.22. The lowest BCUT2D eigenvalue weighted by atomic mass is 10.1. The molecule has 10 nitrogen and oxygen atoms in total. The molecule has 11 heteroatoms. The number of halogens is 1. The number of hydrogen-bond acceptors (Lipinski definition) is 8. The Labute approximate surface area is 208 Å². The number of likely N-dealkylation sites (tertiary alicyclic amines) is 1. The number of benzene rings is 1. The van der Waals surface area contributed by atoms with Crippen LogP contribution in [0.1, 0.15) is 36.8 Å². The van der Waals surface area contributed by atoms with E-state index in [2.05, 4.69) is 35.9 Å². The smallest absolute Gasteiger partial charge is 0.254 e. The monoisotopic (exact) mass is 492 g/mol. The van der Waals surface area contributed by atoms with Gasteiger partial charge in [-0.1, -0.05) is 12.1 Å². The predicted octanol–water partition coefficient (Wildman–Crippen LogP) is 2.25. The second-order valence-corrected chi connectivity index (χ2v) is 9.07. The van der Waals surface area contributed by atoms with Gasteiger partial charge in [-0.25, -0.2) is 4.39 Å². The van der Waals surface area contributed by atoms with Gasteiger partial charge in [-0.05, 0) is 69.1 Å². The van der Waals surface area contributed by atoms with Crippen molar-refractivity contribution in [3.8, 4) is 0 Å². The largest absolute Gasteiger partial charge is 0.354 e. The number of imide groups is 1. The minimum atomic E-state index is -0.401. The van der Waals surface area contributed by atoms with E-state index in [0.29, 0.717) is 41.6 Å². The molecule has 2 aliphatic heterocycles. The van der Waals surface area contributed by atoms with Crippen LogP contribution in [0.4, 0.5) is 16.3 Å². The van der Waals surface area contributed by atoms with Crippen molar-refractivity contribution in [1.29, 1.82) is 0 Å². The predicted molar refractivity (Wildman–Crippen MR) is 134 cm³/mol. The first-order valence-corrected chi connectivity index (χ1v) is 12.3. The third kappa shape index (κ3) is 5.68. The van der Waals surface area contributed by atoms with Gasteiger partial charge in [-0.2, -0.15) is 19.6 Å². The molecule has 0 aliphatic carbocycles. The van der Waals surface area contributed by atoms with Crippen molar-refractivity contribution in [2.45, 2.75) is 32.1 Å². The summed E-state index contributed by atoms with van der Waals surface area (Å²) >= 11 is 0. The number of anilines is 2. The molecule has 4 heterocycles. The fourth-order valence-electron chi connectivity index (χ4n) is 4.52. The zero-order chi connectivity index (χ0) is 24.9. The first kappa shape index (κ1) is 23.9. The van der Waals surface area contributed by atoms with Crippen LogP contribution in [0.25, 0.3) is 11.7 Å². The van der Waals surface area contributed by atoms with Crippen molar-refractivity contribution in [2.24, 2.45) is 0 Å². The van der Waals surface area contributed by atoms with E-state index in [0.717, 1.165) is 38.2 Å². The van der Waals surface area contributed by atoms with E-state index < -0.39 is 5.91 Å². The van der Waals surface area contributed by atoms with Crippen molar-refractivity contribution >= 4 is 35.4 Å². The molecule has 0 unspecified atom stereocenters. The van der Waals surface area contributed by atoms with E-state index >= 15 is 0 Å². The van der Waals surface area contributed by atoms with E-state index in [9.17, 15) is 14.0 Å². The summed E-state index contributed by atoms with van der Waals surface area (Å²) in [7, 11) is 0. The third-order valence-electron chi connectivity index (χ3n) is 6.34. The summed E-state index contributed by atoms with van der Waals surface area (Å²) in [5.74, 6) is -0.0598.